The zero-order valence-electron chi connectivity index (χ0n) is 16.1. The Labute approximate surface area is 186 Å². The molecule has 2 aromatic carbocycles. The van der Waals surface area contributed by atoms with Gasteiger partial charge in [0.05, 0.1) is 29.8 Å². The summed E-state index contributed by atoms with van der Waals surface area (Å²) in [5.74, 6) is 0.672. The van der Waals surface area contributed by atoms with Gasteiger partial charge in [-0.05, 0) is 23.8 Å². The lowest BCUT2D eigenvalue weighted by Gasteiger charge is -2.29. The first-order valence-electron chi connectivity index (χ1n) is 9.30. The summed E-state index contributed by atoms with van der Waals surface area (Å²) in [5, 5.41) is 4.67. The first kappa shape index (κ1) is 21.8. The summed E-state index contributed by atoms with van der Waals surface area (Å²) in [5.41, 5.74) is 10.7. The number of imidazole rings is 1. The van der Waals surface area contributed by atoms with Crippen molar-refractivity contribution in [1.82, 2.24) is 24.6 Å². The van der Waals surface area contributed by atoms with Crippen molar-refractivity contribution in [2.45, 2.75) is 19.1 Å². The molecule has 3 heterocycles. The minimum atomic E-state index is -0.648. The Balaban J connectivity index is 0.00000128. The molecule has 0 aliphatic carbocycles. The lowest BCUT2D eigenvalue weighted by molar-refractivity contribution is -0.134. The van der Waals surface area contributed by atoms with Crippen LogP contribution in [0.3, 0.4) is 0 Å². The van der Waals surface area contributed by atoms with E-state index < -0.39 is 6.04 Å². The molecule has 0 unspecified atom stereocenters. The number of para-hydroxylation sites is 2. The van der Waals surface area contributed by atoms with Gasteiger partial charge in [0.15, 0.2) is 5.82 Å². The summed E-state index contributed by atoms with van der Waals surface area (Å²) >= 11 is 0. The van der Waals surface area contributed by atoms with Gasteiger partial charge >= 0.3 is 0 Å². The standard InChI is InChI=1S/C21H20N6O.2ClH/c22-19(14-6-2-1-3-7-14)21(28)26-10-11-27-15(13-26)12-18(25-27)20-23-16-8-4-5-9-17(16)24-20;;/h1-9,12,19H,10-11,13,22H2,(H,23,24);2*1H/t19-;;/m1../s1. The monoisotopic (exact) mass is 444 g/mol. The summed E-state index contributed by atoms with van der Waals surface area (Å²) in [6.07, 6.45) is 0. The maximum absolute atomic E-state index is 12.9. The van der Waals surface area contributed by atoms with Gasteiger partial charge in [0.2, 0.25) is 5.91 Å². The minimum absolute atomic E-state index is 0. The number of hydrogen-bond donors (Lipinski definition) is 2. The fourth-order valence-electron chi connectivity index (χ4n) is 3.64. The number of nitrogens with one attached hydrogen (secondary N) is 1. The lowest BCUT2D eigenvalue weighted by atomic mass is 10.1. The van der Waals surface area contributed by atoms with Gasteiger partial charge in [-0.25, -0.2) is 4.98 Å². The molecule has 9 heteroatoms. The van der Waals surface area contributed by atoms with Crippen LogP contribution in [0.4, 0.5) is 0 Å². The van der Waals surface area contributed by atoms with Gasteiger partial charge in [0, 0.05) is 6.54 Å². The molecule has 0 fully saturated rings. The number of fused-ring (bicyclic) bond motifs is 2. The van der Waals surface area contributed by atoms with E-state index in [2.05, 4.69) is 15.1 Å². The normalized spacial score (nSPS) is 13.8. The molecule has 1 atom stereocenters. The third-order valence-electron chi connectivity index (χ3n) is 5.17. The Morgan fingerprint density at radius 3 is 2.53 bits per heavy atom. The van der Waals surface area contributed by atoms with Crippen LogP contribution >= 0.6 is 24.8 Å². The molecule has 3 N–H and O–H groups in total. The average molecular weight is 445 g/mol. The van der Waals surface area contributed by atoms with Gasteiger partial charge in [0.1, 0.15) is 11.7 Å². The second kappa shape index (κ2) is 8.87. The van der Waals surface area contributed by atoms with Crippen molar-refractivity contribution in [3.63, 3.8) is 0 Å². The number of carbonyl (C=O) groups is 1. The second-order valence-electron chi connectivity index (χ2n) is 6.99. The van der Waals surface area contributed by atoms with Gasteiger partial charge in [0.25, 0.3) is 0 Å². The molecule has 0 radical (unpaired) electrons. The zero-order valence-corrected chi connectivity index (χ0v) is 17.7. The van der Waals surface area contributed by atoms with Crippen LogP contribution in [0.15, 0.2) is 60.7 Å². The Hall–Kier alpha value is -2.87. The first-order chi connectivity index (χ1) is 13.7. The number of aromatic amines is 1. The number of aromatic nitrogens is 4. The molecule has 0 saturated carbocycles. The number of carbonyl (C=O) groups excluding carboxylic acids is 1. The molecule has 0 saturated heterocycles. The van der Waals surface area contributed by atoms with Crippen molar-refractivity contribution in [3.05, 3.63) is 71.9 Å². The number of nitrogens with zero attached hydrogens (tertiary/aromatic N) is 4. The first-order valence-corrected chi connectivity index (χ1v) is 9.30. The minimum Gasteiger partial charge on any atom is -0.337 e. The van der Waals surface area contributed by atoms with Crippen molar-refractivity contribution < 1.29 is 4.79 Å². The third-order valence-corrected chi connectivity index (χ3v) is 5.17. The second-order valence-corrected chi connectivity index (χ2v) is 6.99. The predicted molar refractivity (Wildman–Crippen MR) is 121 cm³/mol. The molecule has 1 aliphatic rings. The maximum Gasteiger partial charge on any atom is 0.244 e. The van der Waals surface area contributed by atoms with E-state index in [4.69, 9.17) is 5.73 Å². The molecule has 156 valence electrons. The SMILES string of the molecule is Cl.Cl.N[C@@H](C(=O)N1CCn2nc(-c3nc4ccccc4[nH]3)cc2C1)c1ccccc1. The molecule has 4 aromatic rings. The average Bonchev–Trinajstić information content (AvgIpc) is 3.36. The summed E-state index contributed by atoms with van der Waals surface area (Å²) < 4.78 is 1.94. The third kappa shape index (κ3) is 3.92. The van der Waals surface area contributed by atoms with E-state index in [1.54, 1.807) is 4.90 Å². The van der Waals surface area contributed by atoms with Crippen LogP contribution in [0.25, 0.3) is 22.6 Å². The van der Waals surface area contributed by atoms with Crippen molar-refractivity contribution in [3.8, 4) is 11.5 Å². The Morgan fingerprint density at radius 2 is 1.77 bits per heavy atom. The van der Waals surface area contributed by atoms with Crippen molar-refractivity contribution in [1.29, 1.82) is 0 Å². The van der Waals surface area contributed by atoms with Crippen LogP contribution in [0, 0.1) is 0 Å². The van der Waals surface area contributed by atoms with Crippen LogP contribution in [0.2, 0.25) is 0 Å². The number of halogens is 2. The topological polar surface area (TPSA) is 92.8 Å². The van der Waals surface area contributed by atoms with Crippen LogP contribution in [-0.2, 0) is 17.9 Å². The van der Waals surface area contributed by atoms with Crippen LogP contribution in [-0.4, -0.2) is 37.1 Å². The molecule has 2 aromatic heterocycles. The fourth-order valence-corrected chi connectivity index (χ4v) is 3.64. The molecule has 30 heavy (non-hydrogen) atoms. The number of H-pyrrole nitrogens is 1. The van der Waals surface area contributed by atoms with Gasteiger partial charge in [-0.1, -0.05) is 42.5 Å². The quantitative estimate of drug-likeness (QED) is 0.506. The highest BCUT2D eigenvalue weighted by molar-refractivity contribution is 5.85. The van der Waals surface area contributed by atoms with Crippen molar-refractivity contribution in [2.75, 3.05) is 6.54 Å². The summed E-state index contributed by atoms with van der Waals surface area (Å²) in [6, 6.07) is 18.7. The molecular weight excluding hydrogens is 423 g/mol. The number of hydrogen-bond acceptors (Lipinski definition) is 4. The Kier molecular flexibility index (Phi) is 6.45. The van der Waals surface area contributed by atoms with E-state index in [9.17, 15) is 4.79 Å². The molecule has 1 aliphatic heterocycles. The van der Waals surface area contributed by atoms with Crippen molar-refractivity contribution in [2.24, 2.45) is 5.73 Å². The molecule has 0 spiro atoms. The molecule has 1 amide bonds. The number of benzene rings is 2. The van der Waals surface area contributed by atoms with E-state index in [0.29, 0.717) is 19.6 Å². The summed E-state index contributed by atoms with van der Waals surface area (Å²) in [6.45, 7) is 1.73. The molecular formula is C21H22Cl2N6O. The number of nitrogens with two attached hydrogens (primary N) is 1. The Morgan fingerprint density at radius 1 is 1.03 bits per heavy atom. The smallest absolute Gasteiger partial charge is 0.244 e. The summed E-state index contributed by atoms with van der Waals surface area (Å²) in [7, 11) is 0. The van der Waals surface area contributed by atoms with Gasteiger partial charge < -0.3 is 15.6 Å². The van der Waals surface area contributed by atoms with E-state index in [-0.39, 0.29) is 30.7 Å². The van der Waals surface area contributed by atoms with Gasteiger partial charge in [-0.2, -0.15) is 5.10 Å². The number of amides is 1. The van der Waals surface area contributed by atoms with Gasteiger partial charge in [-0.15, -0.1) is 24.8 Å². The van der Waals surface area contributed by atoms with Gasteiger partial charge in [-0.3, -0.25) is 9.48 Å². The van der Waals surface area contributed by atoms with E-state index >= 15 is 0 Å². The maximum atomic E-state index is 12.9. The van der Waals surface area contributed by atoms with Crippen molar-refractivity contribution >= 4 is 41.8 Å². The Bertz CT molecular complexity index is 1120. The highest BCUT2D eigenvalue weighted by Gasteiger charge is 2.27. The predicted octanol–water partition coefficient (Wildman–Crippen LogP) is 3.31. The largest absolute Gasteiger partial charge is 0.337 e. The van der Waals surface area contributed by atoms with Crippen LogP contribution in [0.1, 0.15) is 17.3 Å². The fraction of sp³-hybridized carbons (Fsp3) is 0.190. The number of rotatable bonds is 3. The zero-order chi connectivity index (χ0) is 19.1. The highest BCUT2D eigenvalue weighted by Crippen LogP contribution is 2.24. The lowest BCUT2D eigenvalue weighted by Crippen LogP contribution is -2.43. The van der Waals surface area contributed by atoms with E-state index in [0.717, 1.165) is 33.8 Å². The van der Waals surface area contributed by atoms with Crippen LogP contribution < -0.4 is 5.73 Å². The molecule has 5 rings (SSSR count). The molecule has 7 nitrogen and oxygen atoms in total. The summed E-state index contributed by atoms with van der Waals surface area (Å²) in [4.78, 5) is 22.6. The van der Waals surface area contributed by atoms with E-state index in [1.165, 1.54) is 0 Å². The van der Waals surface area contributed by atoms with E-state index in [1.807, 2.05) is 65.3 Å². The highest BCUT2D eigenvalue weighted by atomic mass is 35.5. The molecule has 0 bridgehead atoms. The van der Waals surface area contributed by atoms with Crippen LogP contribution in [0.5, 0.6) is 0 Å².